The predicted molar refractivity (Wildman–Crippen MR) is 89.2 cm³/mol. The first kappa shape index (κ1) is 14.5. The van der Waals surface area contributed by atoms with E-state index in [0.29, 0.717) is 0 Å². The van der Waals surface area contributed by atoms with Gasteiger partial charge < -0.3 is 10.1 Å². The normalized spacial score (nSPS) is 12.0. The van der Waals surface area contributed by atoms with E-state index in [4.69, 9.17) is 16.3 Å². The van der Waals surface area contributed by atoms with E-state index in [-0.39, 0.29) is 6.04 Å². The molecule has 0 fully saturated rings. The molecular weight excluding hydrogens is 373 g/mol. The summed E-state index contributed by atoms with van der Waals surface area (Å²) in [5.74, 6) is 0.879. The van der Waals surface area contributed by atoms with Crippen LogP contribution in [0.1, 0.15) is 18.5 Å². The Morgan fingerprint density at radius 3 is 2.63 bits per heavy atom. The van der Waals surface area contributed by atoms with Crippen molar-refractivity contribution in [3.05, 3.63) is 56.6 Å². The number of anilines is 1. The van der Waals surface area contributed by atoms with Crippen molar-refractivity contribution in [3.63, 3.8) is 0 Å². The summed E-state index contributed by atoms with van der Waals surface area (Å²) in [5, 5.41) is 4.14. The van der Waals surface area contributed by atoms with Gasteiger partial charge in [-0.25, -0.2) is 0 Å². The third-order valence-electron chi connectivity index (χ3n) is 2.91. The Morgan fingerprint density at radius 1 is 1.21 bits per heavy atom. The van der Waals surface area contributed by atoms with Crippen molar-refractivity contribution in [1.82, 2.24) is 0 Å². The monoisotopic (exact) mass is 387 g/mol. The zero-order chi connectivity index (χ0) is 13.8. The van der Waals surface area contributed by atoms with E-state index in [1.165, 1.54) is 0 Å². The van der Waals surface area contributed by atoms with Crippen LogP contribution in [0.5, 0.6) is 5.75 Å². The van der Waals surface area contributed by atoms with E-state index < -0.39 is 0 Å². The third-order valence-corrected chi connectivity index (χ3v) is 3.89. The van der Waals surface area contributed by atoms with Gasteiger partial charge in [-0.2, -0.15) is 0 Å². The molecule has 0 saturated heterocycles. The number of hydrogen-bond acceptors (Lipinski definition) is 2. The molecule has 0 aliphatic rings. The first-order chi connectivity index (χ1) is 9.11. The minimum atomic E-state index is 0.119. The van der Waals surface area contributed by atoms with Crippen LogP contribution in [0, 0.1) is 3.57 Å². The number of methoxy groups -OCH3 is 1. The number of rotatable bonds is 4. The second-order valence-corrected chi connectivity index (χ2v) is 5.88. The molecule has 0 bridgehead atoms. The molecule has 2 nitrogen and oxygen atoms in total. The van der Waals surface area contributed by atoms with Crippen molar-refractivity contribution < 1.29 is 4.74 Å². The van der Waals surface area contributed by atoms with Gasteiger partial charge in [0.1, 0.15) is 5.75 Å². The molecule has 1 atom stereocenters. The van der Waals surface area contributed by atoms with Gasteiger partial charge in [-0.05, 0) is 53.8 Å². The summed E-state index contributed by atoms with van der Waals surface area (Å²) >= 11 is 8.48. The van der Waals surface area contributed by atoms with Crippen molar-refractivity contribution in [2.45, 2.75) is 13.0 Å². The van der Waals surface area contributed by atoms with Gasteiger partial charge in [-0.3, -0.25) is 0 Å². The number of halogens is 2. The predicted octanol–water partition coefficient (Wildman–Crippen LogP) is 5.13. The summed E-state index contributed by atoms with van der Waals surface area (Å²) in [5.41, 5.74) is 2.04. The molecule has 0 saturated carbocycles. The van der Waals surface area contributed by atoms with Crippen LogP contribution in [0.15, 0.2) is 42.5 Å². The molecule has 0 aliphatic heterocycles. The van der Waals surface area contributed by atoms with Gasteiger partial charge in [0, 0.05) is 9.13 Å². The smallest absolute Gasteiger partial charge is 0.124 e. The molecule has 1 unspecified atom stereocenters. The number of hydrogen-bond donors (Lipinski definition) is 1. The van der Waals surface area contributed by atoms with E-state index in [1.807, 2.05) is 36.4 Å². The van der Waals surface area contributed by atoms with Crippen molar-refractivity contribution in [1.29, 1.82) is 0 Å². The molecular formula is C15H15ClINO. The third kappa shape index (κ3) is 3.54. The maximum atomic E-state index is 6.24. The first-order valence-electron chi connectivity index (χ1n) is 5.96. The zero-order valence-electron chi connectivity index (χ0n) is 10.8. The van der Waals surface area contributed by atoms with Gasteiger partial charge in [0.15, 0.2) is 0 Å². The van der Waals surface area contributed by atoms with Crippen LogP contribution in [0.4, 0.5) is 5.69 Å². The number of nitrogens with one attached hydrogen (secondary N) is 1. The lowest BCUT2D eigenvalue weighted by Crippen LogP contribution is -2.08. The zero-order valence-corrected chi connectivity index (χ0v) is 13.7. The summed E-state index contributed by atoms with van der Waals surface area (Å²) in [4.78, 5) is 0. The number of para-hydroxylation sites is 1. The molecule has 2 aromatic rings. The SMILES string of the molecule is COc1ccccc1C(C)Nc1ccc(I)cc1Cl. The Labute approximate surface area is 132 Å². The fourth-order valence-corrected chi connectivity index (χ4v) is 2.85. The molecule has 4 heteroatoms. The van der Waals surface area contributed by atoms with Gasteiger partial charge in [-0.1, -0.05) is 29.8 Å². The van der Waals surface area contributed by atoms with Gasteiger partial charge in [0.2, 0.25) is 0 Å². The van der Waals surface area contributed by atoms with Crippen LogP contribution < -0.4 is 10.1 Å². The molecule has 2 rings (SSSR count). The average Bonchev–Trinajstić information content (AvgIpc) is 2.41. The highest BCUT2D eigenvalue weighted by Crippen LogP contribution is 2.31. The van der Waals surface area contributed by atoms with Gasteiger partial charge >= 0.3 is 0 Å². The van der Waals surface area contributed by atoms with Crippen LogP contribution >= 0.6 is 34.2 Å². The Bertz CT molecular complexity index is 574. The molecule has 0 aromatic heterocycles. The van der Waals surface area contributed by atoms with E-state index in [1.54, 1.807) is 7.11 Å². The second kappa shape index (κ2) is 6.48. The molecule has 19 heavy (non-hydrogen) atoms. The van der Waals surface area contributed by atoms with Crippen LogP contribution in [-0.2, 0) is 0 Å². The van der Waals surface area contributed by atoms with Crippen LogP contribution in [-0.4, -0.2) is 7.11 Å². The molecule has 0 radical (unpaired) electrons. The van der Waals surface area contributed by atoms with Crippen molar-refractivity contribution in [2.24, 2.45) is 0 Å². The minimum absolute atomic E-state index is 0.119. The summed E-state index contributed by atoms with van der Waals surface area (Å²) in [6.07, 6.45) is 0. The molecule has 1 N–H and O–H groups in total. The van der Waals surface area contributed by atoms with Gasteiger partial charge in [-0.15, -0.1) is 0 Å². The Hall–Kier alpha value is -0.940. The lowest BCUT2D eigenvalue weighted by atomic mass is 10.1. The maximum absolute atomic E-state index is 6.24. The molecule has 0 aliphatic carbocycles. The van der Waals surface area contributed by atoms with Crippen molar-refractivity contribution in [3.8, 4) is 5.75 Å². The van der Waals surface area contributed by atoms with E-state index in [2.05, 4.69) is 40.9 Å². The van der Waals surface area contributed by atoms with Crippen molar-refractivity contribution >= 4 is 39.9 Å². The lowest BCUT2D eigenvalue weighted by Gasteiger charge is -2.19. The van der Waals surface area contributed by atoms with Gasteiger partial charge in [0.05, 0.1) is 23.9 Å². The summed E-state index contributed by atoms with van der Waals surface area (Å²) < 4.78 is 6.50. The fourth-order valence-electron chi connectivity index (χ4n) is 1.94. The average molecular weight is 388 g/mol. The quantitative estimate of drug-likeness (QED) is 0.735. The van der Waals surface area contributed by atoms with Crippen LogP contribution in [0.3, 0.4) is 0 Å². The highest BCUT2D eigenvalue weighted by molar-refractivity contribution is 14.1. The minimum Gasteiger partial charge on any atom is -0.496 e. The molecule has 100 valence electrons. The molecule has 2 aromatic carbocycles. The van der Waals surface area contributed by atoms with E-state index >= 15 is 0 Å². The fraction of sp³-hybridized carbons (Fsp3) is 0.200. The number of benzene rings is 2. The first-order valence-corrected chi connectivity index (χ1v) is 7.42. The van der Waals surface area contributed by atoms with Crippen LogP contribution in [0.25, 0.3) is 0 Å². The standard InChI is InChI=1S/C15H15ClINO/c1-10(12-5-3-4-6-15(12)19-2)18-14-8-7-11(17)9-13(14)16/h3-10,18H,1-2H3. The second-order valence-electron chi connectivity index (χ2n) is 4.23. The maximum Gasteiger partial charge on any atom is 0.124 e. The highest BCUT2D eigenvalue weighted by Gasteiger charge is 2.12. The van der Waals surface area contributed by atoms with E-state index in [0.717, 1.165) is 25.6 Å². The Morgan fingerprint density at radius 2 is 1.95 bits per heavy atom. The summed E-state index contributed by atoms with van der Waals surface area (Å²) in [6, 6.07) is 14.1. The largest absolute Gasteiger partial charge is 0.496 e. The highest BCUT2D eigenvalue weighted by atomic mass is 127. The molecule has 0 heterocycles. The van der Waals surface area contributed by atoms with Crippen LogP contribution in [0.2, 0.25) is 5.02 Å². The Kier molecular flexibility index (Phi) is 4.93. The lowest BCUT2D eigenvalue weighted by molar-refractivity contribution is 0.408. The molecule has 0 spiro atoms. The van der Waals surface area contributed by atoms with Crippen molar-refractivity contribution in [2.75, 3.05) is 12.4 Å². The summed E-state index contributed by atoms with van der Waals surface area (Å²) in [6.45, 7) is 2.09. The summed E-state index contributed by atoms with van der Waals surface area (Å²) in [7, 11) is 1.68. The topological polar surface area (TPSA) is 21.3 Å². The Balaban J connectivity index is 2.23. The van der Waals surface area contributed by atoms with Gasteiger partial charge in [0.25, 0.3) is 0 Å². The number of ether oxygens (including phenoxy) is 1. The van der Waals surface area contributed by atoms with E-state index in [9.17, 15) is 0 Å². The molecule has 0 amide bonds.